The lowest BCUT2D eigenvalue weighted by molar-refractivity contribution is 0.103. The molecule has 0 amide bonds. The highest BCUT2D eigenvalue weighted by Crippen LogP contribution is 2.27. The van der Waals surface area contributed by atoms with Gasteiger partial charge in [-0.3, -0.25) is 4.79 Å². The Morgan fingerprint density at radius 2 is 1.68 bits per heavy atom. The molecule has 0 unspecified atom stereocenters. The number of halogens is 4. The lowest BCUT2D eigenvalue weighted by atomic mass is 10.0. The molecule has 0 N–H and O–H groups in total. The van der Waals surface area contributed by atoms with Crippen LogP contribution in [0, 0.1) is 12.7 Å². The Morgan fingerprint density at radius 3 is 2.32 bits per heavy atom. The summed E-state index contributed by atoms with van der Waals surface area (Å²) in [6, 6.07) is 7.08. The highest BCUT2D eigenvalue weighted by molar-refractivity contribution is 6.42. The van der Waals surface area contributed by atoms with E-state index in [0.29, 0.717) is 16.1 Å². The standard InChI is InChI=1S/C14H8Cl3FO/c1-7-4-9(11(16)6-13(7)18)14(19)8-2-3-10(15)12(17)5-8/h2-6H,1H3. The minimum absolute atomic E-state index is 0.0687. The third kappa shape index (κ3) is 2.92. The monoisotopic (exact) mass is 316 g/mol. The Hall–Kier alpha value is -1.09. The van der Waals surface area contributed by atoms with E-state index in [4.69, 9.17) is 34.8 Å². The minimum atomic E-state index is -0.448. The third-order valence-electron chi connectivity index (χ3n) is 2.67. The zero-order valence-corrected chi connectivity index (χ0v) is 12.1. The predicted octanol–water partition coefficient (Wildman–Crippen LogP) is 5.33. The first-order chi connectivity index (χ1) is 8.90. The van der Waals surface area contributed by atoms with Crippen molar-refractivity contribution in [3.05, 3.63) is 67.9 Å². The number of ketones is 1. The maximum atomic E-state index is 13.3. The molecule has 0 aliphatic rings. The van der Waals surface area contributed by atoms with Crippen LogP contribution in [0.4, 0.5) is 4.39 Å². The van der Waals surface area contributed by atoms with E-state index in [1.165, 1.54) is 18.2 Å². The third-order valence-corrected chi connectivity index (χ3v) is 3.73. The van der Waals surface area contributed by atoms with Crippen molar-refractivity contribution in [2.45, 2.75) is 6.92 Å². The first kappa shape index (κ1) is 14.3. The van der Waals surface area contributed by atoms with Gasteiger partial charge >= 0.3 is 0 Å². The second-order valence-electron chi connectivity index (χ2n) is 4.04. The number of carbonyl (C=O) groups is 1. The molecular weight excluding hydrogens is 310 g/mol. The van der Waals surface area contributed by atoms with Gasteiger partial charge in [0.15, 0.2) is 5.78 Å². The second-order valence-corrected chi connectivity index (χ2v) is 5.26. The molecule has 0 fully saturated rings. The van der Waals surface area contributed by atoms with Crippen molar-refractivity contribution in [1.29, 1.82) is 0 Å². The summed E-state index contributed by atoms with van der Waals surface area (Å²) in [6.07, 6.45) is 0. The molecule has 0 radical (unpaired) electrons. The molecule has 0 aliphatic heterocycles. The molecule has 2 aromatic carbocycles. The number of hydrogen-bond acceptors (Lipinski definition) is 1. The van der Waals surface area contributed by atoms with Gasteiger partial charge in [0, 0.05) is 11.1 Å². The molecule has 0 aliphatic carbocycles. The van der Waals surface area contributed by atoms with Gasteiger partial charge in [-0.25, -0.2) is 4.39 Å². The van der Waals surface area contributed by atoms with Gasteiger partial charge in [0.2, 0.25) is 0 Å². The van der Waals surface area contributed by atoms with Gasteiger partial charge in [-0.15, -0.1) is 0 Å². The molecule has 0 spiro atoms. The summed E-state index contributed by atoms with van der Waals surface area (Å²) in [5.74, 6) is -0.776. The average Bonchev–Trinajstić information content (AvgIpc) is 2.36. The van der Waals surface area contributed by atoms with Crippen LogP contribution in [0.3, 0.4) is 0 Å². The molecule has 1 nitrogen and oxygen atoms in total. The normalized spacial score (nSPS) is 10.6. The molecule has 0 aromatic heterocycles. The van der Waals surface area contributed by atoms with Crippen LogP contribution in [-0.4, -0.2) is 5.78 Å². The van der Waals surface area contributed by atoms with Gasteiger partial charge < -0.3 is 0 Å². The molecule has 0 saturated heterocycles. The zero-order chi connectivity index (χ0) is 14.2. The number of carbonyl (C=O) groups excluding carboxylic acids is 1. The Kier molecular flexibility index (Phi) is 4.14. The van der Waals surface area contributed by atoms with Gasteiger partial charge in [0.1, 0.15) is 5.82 Å². The van der Waals surface area contributed by atoms with E-state index in [1.54, 1.807) is 13.0 Å². The van der Waals surface area contributed by atoms with Crippen LogP contribution in [0.25, 0.3) is 0 Å². The summed E-state index contributed by atoms with van der Waals surface area (Å²) >= 11 is 17.6. The van der Waals surface area contributed by atoms with E-state index in [2.05, 4.69) is 0 Å². The van der Waals surface area contributed by atoms with Crippen LogP contribution in [0.2, 0.25) is 15.1 Å². The maximum absolute atomic E-state index is 13.3. The molecule has 5 heteroatoms. The molecule has 0 atom stereocenters. The zero-order valence-electron chi connectivity index (χ0n) is 9.81. The topological polar surface area (TPSA) is 17.1 Å². The van der Waals surface area contributed by atoms with E-state index in [1.807, 2.05) is 0 Å². The number of rotatable bonds is 2. The van der Waals surface area contributed by atoms with Crippen LogP contribution in [0.15, 0.2) is 30.3 Å². The Bertz CT molecular complexity index is 668. The van der Waals surface area contributed by atoms with E-state index >= 15 is 0 Å². The Balaban J connectivity index is 2.49. The van der Waals surface area contributed by atoms with Gasteiger partial charge in [-0.1, -0.05) is 34.8 Å². The molecule has 0 saturated carbocycles. The van der Waals surface area contributed by atoms with E-state index < -0.39 is 5.82 Å². The number of aryl methyl sites for hydroxylation is 1. The number of benzene rings is 2. The summed E-state index contributed by atoms with van der Waals surface area (Å²) in [4.78, 5) is 12.3. The van der Waals surface area contributed by atoms with E-state index in [0.717, 1.165) is 6.07 Å². The summed E-state index contributed by atoms with van der Waals surface area (Å²) in [5.41, 5.74) is 0.939. The molecule has 0 heterocycles. The molecule has 19 heavy (non-hydrogen) atoms. The van der Waals surface area contributed by atoms with Gasteiger partial charge in [-0.2, -0.15) is 0 Å². The minimum Gasteiger partial charge on any atom is -0.289 e. The summed E-state index contributed by atoms with van der Waals surface area (Å²) in [7, 11) is 0. The van der Waals surface area contributed by atoms with Crippen molar-refractivity contribution in [1.82, 2.24) is 0 Å². The molecule has 0 bridgehead atoms. The van der Waals surface area contributed by atoms with Crippen LogP contribution in [0.1, 0.15) is 21.5 Å². The predicted molar refractivity (Wildman–Crippen MR) is 76.0 cm³/mol. The summed E-state index contributed by atoms with van der Waals surface area (Å²) in [5, 5.41) is 0.709. The first-order valence-corrected chi connectivity index (χ1v) is 6.49. The lowest BCUT2D eigenvalue weighted by Crippen LogP contribution is -2.03. The maximum Gasteiger partial charge on any atom is 0.194 e. The molecule has 2 rings (SSSR count). The molecule has 2 aromatic rings. The van der Waals surface area contributed by atoms with Crippen LogP contribution in [0.5, 0.6) is 0 Å². The second kappa shape index (κ2) is 5.49. The van der Waals surface area contributed by atoms with Gasteiger partial charge in [-0.05, 0) is 42.8 Å². The number of hydrogen-bond donors (Lipinski definition) is 0. The van der Waals surface area contributed by atoms with E-state index in [9.17, 15) is 9.18 Å². The van der Waals surface area contributed by atoms with Crippen molar-refractivity contribution >= 4 is 40.6 Å². The van der Waals surface area contributed by atoms with Crippen molar-refractivity contribution < 1.29 is 9.18 Å². The van der Waals surface area contributed by atoms with Crippen molar-refractivity contribution in [3.8, 4) is 0 Å². The van der Waals surface area contributed by atoms with Crippen molar-refractivity contribution in [2.75, 3.05) is 0 Å². The summed E-state index contributed by atoms with van der Waals surface area (Å²) in [6.45, 7) is 1.57. The van der Waals surface area contributed by atoms with Crippen LogP contribution in [-0.2, 0) is 0 Å². The first-order valence-electron chi connectivity index (χ1n) is 5.35. The Morgan fingerprint density at radius 1 is 1.00 bits per heavy atom. The highest BCUT2D eigenvalue weighted by Gasteiger charge is 2.16. The lowest BCUT2D eigenvalue weighted by Gasteiger charge is -2.07. The van der Waals surface area contributed by atoms with Crippen molar-refractivity contribution in [2.24, 2.45) is 0 Å². The van der Waals surface area contributed by atoms with Crippen LogP contribution < -0.4 is 0 Å². The van der Waals surface area contributed by atoms with Gasteiger partial charge in [0.05, 0.1) is 15.1 Å². The van der Waals surface area contributed by atoms with E-state index in [-0.39, 0.29) is 21.4 Å². The molecular formula is C14H8Cl3FO. The summed E-state index contributed by atoms with van der Waals surface area (Å²) < 4.78 is 13.3. The van der Waals surface area contributed by atoms with Crippen molar-refractivity contribution in [3.63, 3.8) is 0 Å². The SMILES string of the molecule is Cc1cc(C(=O)c2ccc(Cl)c(Cl)c2)c(Cl)cc1F. The fourth-order valence-corrected chi connectivity index (χ4v) is 2.16. The fraction of sp³-hybridized carbons (Fsp3) is 0.0714. The van der Waals surface area contributed by atoms with Crippen LogP contribution >= 0.6 is 34.8 Å². The van der Waals surface area contributed by atoms with Gasteiger partial charge in [0.25, 0.3) is 0 Å². The highest BCUT2D eigenvalue weighted by atomic mass is 35.5. The molecule has 98 valence electrons. The Labute approximate surface area is 124 Å². The average molecular weight is 318 g/mol. The fourth-order valence-electron chi connectivity index (χ4n) is 1.62. The largest absolute Gasteiger partial charge is 0.289 e. The smallest absolute Gasteiger partial charge is 0.194 e. The quantitative estimate of drug-likeness (QED) is 0.685.